The molecule has 0 saturated heterocycles. The molecule has 1 aromatic heterocycles. The fourth-order valence-corrected chi connectivity index (χ4v) is 2.82. The van der Waals surface area contributed by atoms with E-state index in [-0.39, 0.29) is 18.2 Å². The van der Waals surface area contributed by atoms with Gasteiger partial charge in [-0.1, -0.05) is 5.10 Å². The van der Waals surface area contributed by atoms with Gasteiger partial charge in [-0.3, -0.25) is 0 Å². The molecule has 29 heavy (non-hydrogen) atoms. The van der Waals surface area contributed by atoms with E-state index < -0.39 is 0 Å². The molecule has 0 spiro atoms. The molecule has 2 aromatic carbocycles. The largest absolute Gasteiger partial charge is 0.491 e. The van der Waals surface area contributed by atoms with Crippen LogP contribution in [0.2, 0.25) is 0 Å². The van der Waals surface area contributed by atoms with Crippen LogP contribution in [0.3, 0.4) is 0 Å². The second kappa shape index (κ2) is 9.37. The van der Waals surface area contributed by atoms with Gasteiger partial charge in [0.05, 0.1) is 18.8 Å². The quantitative estimate of drug-likeness (QED) is 0.525. The summed E-state index contributed by atoms with van der Waals surface area (Å²) in [5.41, 5.74) is 3.20. The predicted molar refractivity (Wildman–Crippen MR) is 113 cm³/mol. The minimum absolute atomic E-state index is 0.119. The SMILES string of the molecule is CCOc1nnc(-c2ccc(OC(C)C)cc2)c(-c2ccc(OC(C)C)cc2)n1. The molecule has 1 heterocycles. The van der Waals surface area contributed by atoms with E-state index in [0.717, 1.165) is 22.6 Å². The van der Waals surface area contributed by atoms with Crippen molar-refractivity contribution in [3.05, 3.63) is 48.5 Å². The molecule has 3 aromatic rings. The summed E-state index contributed by atoms with van der Waals surface area (Å²) >= 11 is 0. The number of hydrogen-bond acceptors (Lipinski definition) is 6. The Kier molecular flexibility index (Phi) is 6.65. The highest BCUT2D eigenvalue weighted by atomic mass is 16.5. The lowest BCUT2D eigenvalue weighted by atomic mass is 10.0. The number of benzene rings is 2. The van der Waals surface area contributed by atoms with Crippen LogP contribution in [-0.2, 0) is 0 Å². The monoisotopic (exact) mass is 393 g/mol. The Morgan fingerprint density at radius 1 is 0.690 bits per heavy atom. The summed E-state index contributed by atoms with van der Waals surface area (Å²) < 4.78 is 16.9. The van der Waals surface area contributed by atoms with Gasteiger partial charge in [0.1, 0.15) is 22.9 Å². The third kappa shape index (κ3) is 5.44. The normalized spacial score (nSPS) is 11.0. The molecule has 152 valence electrons. The summed E-state index contributed by atoms with van der Waals surface area (Å²) in [6.45, 7) is 10.4. The van der Waals surface area contributed by atoms with Gasteiger partial charge in [-0.25, -0.2) is 0 Å². The Balaban J connectivity index is 1.99. The molecule has 0 atom stereocenters. The maximum Gasteiger partial charge on any atom is 0.336 e. The smallest absolute Gasteiger partial charge is 0.336 e. The van der Waals surface area contributed by atoms with E-state index in [4.69, 9.17) is 14.2 Å². The van der Waals surface area contributed by atoms with E-state index in [1.807, 2.05) is 83.1 Å². The van der Waals surface area contributed by atoms with Crippen LogP contribution in [0.15, 0.2) is 48.5 Å². The van der Waals surface area contributed by atoms with Gasteiger partial charge in [-0.15, -0.1) is 5.10 Å². The lowest BCUT2D eigenvalue weighted by molar-refractivity contribution is 0.242. The fourth-order valence-electron chi connectivity index (χ4n) is 2.82. The van der Waals surface area contributed by atoms with E-state index >= 15 is 0 Å². The van der Waals surface area contributed by atoms with Crippen molar-refractivity contribution in [2.24, 2.45) is 0 Å². The Bertz CT molecular complexity index is 923. The molecular weight excluding hydrogens is 366 g/mol. The third-order valence-electron chi connectivity index (χ3n) is 3.94. The summed E-state index contributed by atoms with van der Waals surface area (Å²) in [6, 6.07) is 15.8. The van der Waals surface area contributed by atoms with Crippen molar-refractivity contribution >= 4 is 0 Å². The van der Waals surface area contributed by atoms with Crippen molar-refractivity contribution in [1.29, 1.82) is 0 Å². The van der Waals surface area contributed by atoms with Gasteiger partial charge in [0.25, 0.3) is 0 Å². The molecular formula is C23H27N3O3. The van der Waals surface area contributed by atoms with Gasteiger partial charge >= 0.3 is 6.01 Å². The zero-order valence-electron chi connectivity index (χ0n) is 17.5. The molecule has 0 amide bonds. The fraction of sp³-hybridized carbons (Fsp3) is 0.348. The maximum absolute atomic E-state index is 5.74. The first kappa shape index (κ1) is 20.6. The van der Waals surface area contributed by atoms with Crippen molar-refractivity contribution in [3.8, 4) is 40.0 Å². The number of hydrogen-bond donors (Lipinski definition) is 0. The first-order chi connectivity index (χ1) is 14.0. The van der Waals surface area contributed by atoms with Crippen molar-refractivity contribution < 1.29 is 14.2 Å². The molecule has 0 fully saturated rings. The minimum atomic E-state index is 0.119. The average Bonchev–Trinajstić information content (AvgIpc) is 2.69. The lowest BCUT2D eigenvalue weighted by Crippen LogP contribution is -2.06. The maximum atomic E-state index is 5.74. The minimum Gasteiger partial charge on any atom is -0.491 e. The van der Waals surface area contributed by atoms with Crippen LogP contribution in [0.4, 0.5) is 0 Å². The second-order valence-corrected chi connectivity index (χ2v) is 7.11. The van der Waals surface area contributed by atoms with Crippen LogP contribution in [-0.4, -0.2) is 34.0 Å². The summed E-state index contributed by atoms with van der Waals surface area (Å²) in [7, 11) is 0. The summed E-state index contributed by atoms with van der Waals surface area (Å²) in [5.74, 6) is 1.62. The van der Waals surface area contributed by atoms with Crippen LogP contribution in [0, 0.1) is 0 Å². The Hall–Kier alpha value is -3.15. The van der Waals surface area contributed by atoms with Crippen LogP contribution in [0.1, 0.15) is 34.6 Å². The highest BCUT2D eigenvalue weighted by Gasteiger charge is 2.15. The molecule has 3 rings (SSSR count). The highest BCUT2D eigenvalue weighted by molar-refractivity contribution is 5.78. The standard InChI is InChI=1S/C23H27N3O3/c1-6-27-23-24-21(17-7-11-19(12-8-17)28-15(2)3)22(25-26-23)18-9-13-20(14-10-18)29-16(4)5/h7-16H,6H2,1-5H3. The molecule has 0 aliphatic heterocycles. The van der Waals surface area contributed by atoms with Gasteiger partial charge < -0.3 is 14.2 Å². The number of ether oxygens (including phenoxy) is 3. The third-order valence-corrected chi connectivity index (χ3v) is 3.94. The average molecular weight is 393 g/mol. The van der Waals surface area contributed by atoms with E-state index in [2.05, 4.69) is 15.2 Å². The zero-order chi connectivity index (χ0) is 20.8. The van der Waals surface area contributed by atoms with E-state index in [9.17, 15) is 0 Å². The number of rotatable bonds is 8. The molecule has 0 aliphatic rings. The van der Waals surface area contributed by atoms with Crippen molar-refractivity contribution in [1.82, 2.24) is 15.2 Å². The molecule has 0 saturated carbocycles. The van der Waals surface area contributed by atoms with Gasteiger partial charge in [0, 0.05) is 11.1 Å². The first-order valence-electron chi connectivity index (χ1n) is 9.88. The highest BCUT2D eigenvalue weighted by Crippen LogP contribution is 2.31. The van der Waals surface area contributed by atoms with Crippen molar-refractivity contribution in [3.63, 3.8) is 0 Å². The summed E-state index contributed by atoms with van der Waals surface area (Å²) in [4.78, 5) is 4.60. The van der Waals surface area contributed by atoms with Gasteiger partial charge in [0.15, 0.2) is 0 Å². The topological polar surface area (TPSA) is 66.4 Å². The number of aromatic nitrogens is 3. The van der Waals surface area contributed by atoms with Gasteiger partial charge in [0.2, 0.25) is 0 Å². The molecule has 0 radical (unpaired) electrons. The Morgan fingerprint density at radius 3 is 1.62 bits per heavy atom. The van der Waals surface area contributed by atoms with E-state index in [1.165, 1.54) is 0 Å². The van der Waals surface area contributed by atoms with Crippen LogP contribution in [0.25, 0.3) is 22.5 Å². The summed E-state index contributed by atoms with van der Waals surface area (Å²) in [6.07, 6.45) is 0.239. The Morgan fingerprint density at radius 2 is 1.17 bits per heavy atom. The van der Waals surface area contributed by atoms with Crippen LogP contribution >= 0.6 is 0 Å². The molecule has 0 bridgehead atoms. The molecule has 6 nitrogen and oxygen atoms in total. The first-order valence-corrected chi connectivity index (χ1v) is 9.88. The molecule has 0 N–H and O–H groups in total. The van der Waals surface area contributed by atoms with E-state index in [0.29, 0.717) is 18.0 Å². The molecule has 0 aliphatic carbocycles. The van der Waals surface area contributed by atoms with Crippen molar-refractivity contribution in [2.75, 3.05) is 6.61 Å². The van der Waals surface area contributed by atoms with E-state index in [1.54, 1.807) is 0 Å². The summed E-state index contributed by atoms with van der Waals surface area (Å²) in [5, 5.41) is 8.52. The van der Waals surface area contributed by atoms with Crippen LogP contribution < -0.4 is 14.2 Å². The zero-order valence-corrected chi connectivity index (χ0v) is 17.5. The lowest BCUT2D eigenvalue weighted by Gasteiger charge is -2.13. The van der Waals surface area contributed by atoms with Crippen molar-refractivity contribution in [2.45, 2.75) is 46.8 Å². The number of nitrogens with zero attached hydrogens (tertiary/aromatic N) is 3. The van der Waals surface area contributed by atoms with Crippen LogP contribution in [0.5, 0.6) is 17.5 Å². The van der Waals surface area contributed by atoms with Gasteiger partial charge in [-0.05, 0) is 83.1 Å². The second-order valence-electron chi connectivity index (χ2n) is 7.11. The molecule has 6 heteroatoms. The van der Waals surface area contributed by atoms with Gasteiger partial charge in [-0.2, -0.15) is 4.98 Å². The predicted octanol–water partition coefficient (Wildman–Crippen LogP) is 5.18. The molecule has 0 unspecified atom stereocenters. The Labute approximate surface area is 171 Å².